The number of anilines is 1. The second-order valence-electron chi connectivity index (χ2n) is 7.62. The lowest BCUT2D eigenvalue weighted by molar-refractivity contribution is 0.0953. The number of hydrogen-bond acceptors (Lipinski definition) is 6. The summed E-state index contributed by atoms with van der Waals surface area (Å²) in [6.45, 7) is 5.70. The number of aromatic amines is 1. The summed E-state index contributed by atoms with van der Waals surface area (Å²) in [5.74, 6) is -1.16. The average molecular weight is 424 g/mol. The molecule has 0 saturated carbocycles. The second kappa shape index (κ2) is 8.81. The van der Waals surface area contributed by atoms with Crippen molar-refractivity contribution in [2.75, 3.05) is 38.1 Å². The molecule has 1 aliphatic heterocycles. The summed E-state index contributed by atoms with van der Waals surface area (Å²) >= 11 is 0. The van der Waals surface area contributed by atoms with Gasteiger partial charge in [-0.25, -0.2) is 9.37 Å². The number of piperazine rings is 1. The van der Waals surface area contributed by atoms with Crippen LogP contribution in [0.4, 0.5) is 10.1 Å². The van der Waals surface area contributed by atoms with E-state index in [1.165, 1.54) is 19.3 Å². The third kappa shape index (κ3) is 4.41. The Labute approximate surface area is 179 Å². The van der Waals surface area contributed by atoms with E-state index in [1.54, 1.807) is 0 Å². The number of amides is 1. The highest BCUT2D eigenvalue weighted by Crippen LogP contribution is 2.20. The molecule has 0 spiro atoms. The van der Waals surface area contributed by atoms with Gasteiger partial charge in [0, 0.05) is 57.6 Å². The average Bonchev–Trinajstić information content (AvgIpc) is 2.78. The molecule has 162 valence electrons. The number of carbonyl (C=O) groups is 1. The SMILES string of the molecule is CCc1cc2ncc(CN3CCN(c4cnc(C(=O)NC)c(F)c4)CC3)cc2[nH]c1=O. The maximum absolute atomic E-state index is 14.2. The Kier molecular flexibility index (Phi) is 5.94. The fourth-order valence-electron chi connectivity index (χ4n) is 3.82. The lowest BCUT2D eigenvalue weighted by Crippen LogP contribution is -2.46. The molecule has 0 radical (unpaired) electrons. The van der Waals surface area contributed by atoms with Crippen molar-refractivity contribution in [2.24, 2.45) is 0 Å². The zero-order valence-electron chi connectivity index (χ0n) is 17.6. The number of hydrogen-bond donors (Lipinski definition) is 2. The van der Waals surface area contributed by atoms with Gasteiger partial charge in [-0.2, -0.15) is 0 Å². The number of carbonyl (C=O) groups excluding carboxylic acids is 1. The van der Waals surface area contributed by atoms with Gasteiger partial charge in [0.15, 0.2) is 11.5 Å². The fourth-order valence-corrected chi connectivity index (χ4v) is 3.82. The predicted molar refractivity (Wildman–Crippen MR) is 117 cm³/mol. The third-order valence-electron chi connectivity index (χ3n) is 5.62. The molecule has 1 aliphatic rings. The minimum atomic E-state index is -0.623. The first kappa shape index (κ1) is 20.9. The zero-order valence-corrected chi connectivity index (χ0v) is 17.6. The summed E-state index contributed by atoms with van der Waals surface area (Å²) in [4.78, 5) is 39.5. The van der Waals surface area contributed by atoms with Crippen LogP contribution in [0.1, 0.15) is 28.5 Å². The van der Waals surface area contributed by atoms with Crippen LogP contribution in [0.2, 0.25) is 0 Å². The smallest absolute Gasteiger partial charge is 0.272 e. The van der Waals surface area contributed by atoms with Gasteiger partial charge in [-0.05, 0) is 24.1 Å². The Morgan fingerprint density at radius 2 is 1.94 bits per heavy atom. The van der Waals surface area contributed by atoms with Crippen molar-refractivity contribution in [1.82, 2.24) is 25.2 Å². The van der Waals surface area contributed by atoms with Gasteiger partial charge in [0.25, 0.3) is 11.5 Å². The van der Waals surface area contributed by atoms with Crippen molar-refractivity contribution in [1.29, 1.82) is 0 Å². The van der Waals surface area contributed by atoms with E-state index in [2.05, 4.69) is 30.1 Å². The Bertz CT molecular complexity index is 1170. The quantitative estimate of drug-likeness (QED) is 0.648. The molecule has 1 fully saturated rings. The van der Waals surface area contributed by atoms with E-state index in [-0.39, 0.29) is 11.3 Å². The normalized spacial score (nSPS) is 14.7. The van der Waals surface area contributed by atoms with Crippen LogP contribution < -0.4 is 15.8 Å². The molecule has 1 saturated heterocycles. The standard InChI is InChI=1S/C22H25FN6O2/c1-3-15-9-18-19(27-21(15)30)8-14(11-25-18)13-28-4-6-29(7-5-28)16-10-17(23)20(26-12-16)22(31)24-2/h8-12H,3-7,13H2,1-2H3,(H,24,31)(H,27,30). The van der Waals surface area contributed by atoms with Gasteiger partial charge in [-0.3, -0.25) is 19.5 Å². The van der Waals surface area contributed by atoms with Crippen LogP contribution in [-0.4, -0.2) is 59.0 Å². The summed E-state index contributed by atoms with van der Waals surface area (Å²) < 4.78 is 14.2. The molecule has 31 heavy (non-hydrogen) atoms. The molecule has 8 nitrogen and oxygen atoms in total. The highest BCUT2D eigenvalue weighted by atomic mass is 19.1. The topological polar surface area (TPSA) is 94.2 Å². The van der Waals surface area contributed by atoms with E-state index in [1.807, 2.05) is 25.3 Å². The van der Waals surface area contributed by atoms with Gasteiger partial charge in [0.1, 0.15) is 0 Å². The maximum atomic E-state index is 14.2. The zero-order chi connectivity index (χ0) is 22.0. The van der Waals surface area contributed by atoms with Crippen LogP contribution in [0, 0.1) is 5.82 Å². The van der Waals surface area contributed by atoms with E-state index in [0.717, 1.165) is 54.9 Å². The minimum Gasteiger partial charge on any atom is -0.368 e. The van der Waals surface area contributed by atoms with E-state index in [4.69, 9.17) is 0 Å². The van der Waals surface area contributed by atoms with Crippen molar-refractivity contribution in [3.05, 3.63) is 63.6 Å². The lowest BCUT2D eigenvalue weighted by Gasteiger charge is -2.36. The van der Waals surface area contributed by atoms with Crippen molar-refractivity contribution in [3.8, 4) is 0 Å². The van der Waals surface area contributed by atoms with Crippen LogP contribution in [0.15, 0.2) is 35.4 Å². The molecule has 4 rings (SSSR count). The molecule has 0 atom stereocenters. The van der Waals surface area contributed by atoms with Gasteiger partial charge in [0.2, 0.25) is 0 Å². The number of nitrogens with one attached hydrogen (secondary N) is 2. The monoisotopic (exact) mass is 424 g/mol. The highest BCUT2D eigenvalue weighted by Gasteiger charge is 2.20. The minimum absolute atomic E-state index is 0.0640. The Morgan fingerprint density at radius 1 is 1.16 bits per heavy atom. The molecule has 9 heteroatoms. The van der Waals surface area contributed by atoms with Crippen LogP contribution in [-0.2, 0) is 13.0 Å². The number of halogens is 1. The molecular formula is C22H25FN6O2. The van der Waals surface area contributed by atoms with Crippen molar-refractivity contribution in [3.63, 3.8) is 0 Å². The first-order chi connectivity index (χ1) is 15.0. The van der Waals surface area contributed by atoms with Crippen LogP contribution in [0.25, 0.3) is 11.0 Å². The largest absolute Gasteiger partial charge is 0.368 e. The van der Waals surface area contributed by atoms with Gasteiger partial charge in [-0.15, -0.1) is 0 Å². The van der Waals surface area contributed by atoms with Gasteiger partial charge in [-0.1, -0.05) is 6.92 Å². The number of rotatable bonds is 5. The number of nitrogens with zero attached hydrogens (tertiary/aromatic N) is 4. The fraction of sp³-hybridized carbons (Fsp3) is 0.364. The third-order valence-corrected chi connectivity index (χ3v) is 5.62. The first-order valence-corrected chi connectivity index (χ1v) is 10.3. The Hall–Kier alpha value is -3.33. The molecule has 0 aromatic carbocycles. The Balaban J connectivity index is 1.41. The summed E-state index contributed by atoms with van der Waals surface area (Å²) in [5.41, 5.74) is 3.71. The summed E-state index contributed by atoms with van der Waals surface area (Å²) in [5, 5.41) is 2.38. The molecule has 1 amide bonds. The van der Waals surface area contributed by atoms with E-state index in [0.29, 0.717) is 12.1 Å². The van der Waals surface area contributed by atoms with Crippen molar-refractivity contribution >= 4 is 22.6 Å². The van der Waals surface area contributed by atoms with Gasteiger partial charge >= 0.3 is 0 Å². The van der Waals surface area contributed by atoms with Crippen molar-refractivity contribution in [2.45, 2.75) is 19.9 Å². The van der Waals surface area contributed by atoms with Crippen LogP contribution in [0.5, 0.6) is 0 Å². The van der Waals surface area contributed by atoms with E-state index >= 15 is 0 Å². The van der Waals surface area contributed by atoms with Crippen LogP contribution in [0.3, 0.4) is 0 Å². The predicted octanol–water partition coefficient (Wildman–Crippen LogP) is 1.70. The maximum Gasteiger partial charge on any atom is 0.272 e. The molecule has 2 N–H and O–H groups in total. The van der Waals surface area contributed by atoms with Crippen LogP contribution >= 0.6 is 0 Å². The van der Waals surface area contributed by atoms with Crippen molar-refractivity contribution < 1.29 is 9.18 Å². The van der Waals surface area contributed by atoms with Gasteiger partial charge < -0.3 is 15.2 Å². The summed E-state index contributed by atoms with van der Waals surface area (Å²) in [7, 11) is 1.45. The Morgan fingerprint density at radius 3 is 2.61 bits per heavy atom. The number of fused-ring (bicyclic) bond motifs is 1. The summed E-state index contributed by atoms with van der Waals surface area (Å²) in [6.07, 6.45) is 4.06. The summed E-state index contributed by atoms with van der Waals surface area (Å²) in [6, 6.07) is 5.19. The second-order valence-corrected chi connectivity index (χ2v) is 7.62. The molecule has 3 aromatic rings. The number of aryl methyl sites for hydroxylation is 1. The number of pyridine rings is 3. The molecule has 0 unspecified atom stereocenters. The van der Waals surface area contributed by atoms with E-state index < -0.39 is 11.7 Å². The number of H-pyrrole nitrogens is 1. The van der Waals surface area contributed by atoms with E-state index in [9.17, 15) is 14.0 Å². The lowest BCUT2D eigenvalue weighted by atomic mass is 10.1. The molecule has 4 heterocycles. The highest BCUT2D eigenvalue weighted by molar-refractivity contribution is 5.92. The molecule has 0 bridgehead atoms. The molecule has 0 aliphatic carbocycles. The first-order valence-electron chi connectivity index (χ1n) is 10.3. The number of aromatic nitrogens is 3. The van der Waals surface area contributed by atoms with Gasteiger partial charge in [0.05, 0.1) is 22.9 Å². The molecular weight excluding hydrogens is 399 g/mol. The molecule has 3 aromatic heterocycles.